The van der Waals surface area contributed by atoms with Crippen LogP contribution in [0.25, 0.3) is 16.9 Å². The Morgan fingerprint density at radius 1 is 1.22 bits per heavy atom. The summed E-state index contributed by atoms with van der Waals surface area (Å²) in [6.45, 7) is 6.16. The maximum Gasteiger partial charge on any atom is 0.229 e. The van der Waals surface area contributed by atoms with Gasteiger partial charge in [-0.15, -0.1) is 0 Å². The number of fused-ring (bicyclic) bond motifs is 1. The number of imidazole rings is 1. The van der Waals surface area contributed by atoms with Crippen LogP contribution in [0.2, 0.25) is 0 Å². The topological polar surface area (TPSA) is 93.4 Å². The minimum Gasteiger partial charge on any atom is -0.377 e. The average molecular weight is 429 g/mol. The highest BCUT2D eigenvalue weighted by Crippen LogP contribution is 2.26. The molecule has 0 spiro atoms. The summed E-state index contributed by atoms with van der Waals surface area (Å²) in [6.07, 6.45) is 7.03. The van der Waals surface area contributed by atoms with Gasteiger partial charge < -0.3 is 9.64 Å². The Morgan fingerprint density at radius 2 is 2.16 bits per heavy atom. The molecule has 1 fully saturated rings. The maximum atomic E-state index is 5.59. The van der Waals surface area contributed by atoms with Gasteiger partial charge in [0.15, 0.2) is 17.0 Å². The number of hydrogen-bond donors (Lipinski definition) is 1. The van der Waals surface area contributed by atoms with E-state index in [2.05, 4.69) is 51.4 Å². The van der Waals surface area contributed by atoms with Crippen LogP contribution in [0.1, 0.15) is 18.1 Å². The first-order valence-corrected chi connectivity index (χ1v) is 10.5. The lowest BCUT2D eigenvalue weighted by atomic mass is 10.2. The molecule has 1 saturated heterocycles. The fourth-order valence-electron chi connectivity index (χ4n) is 3.72. The van der Waals surface area contributed by atoms with Crippen LogP contribution in [-0.4, -0.2) is 56.5 Å². The molecule has 3 aromatic heterocycles. The smallest absolute Gasteiger partial charge is 0.229 e. The Labute approximate surface area is 185 Å². The third-order valence-corrected chi connectivity index (χ3v) is 5.36. The zero-order valence-electron chi connectivity index (χ0n) is 18.0. The van der Waals surface area contributed by atoms with Crippen LogP contribution in [0.4, 0.5) is 11.8 Å². The van der Waals surface area contributed by atoms with E-state index in [4.69, 9.17) is 14.7 Å². The van der Waals surface area contributed by atoms with Crippen LogP contribution in [0.5, 0.6) is 0 Å². The molecule has 1 N–H and O–H groups in total. The standard InChI is InChI=1S/C23H24N8O/c1-16-5-3-6-18(11-16)12-26-29-21-20-22(31(15-25-20)19-7-4-8-24-13-19)28-23(27-21)30-9-10-32-14-17(30)2/h3-8,11-13,15,17H,9-10,14H2,1-2H3,(H,27,28,29)/b26-12+/t17-/m0/s1. The number of hydrogen-bond acceptors (Lipinski definition) is 8. The van der Waals surface area contributed by atoms with Crippen molar-refractivity contribution in [3.05, 3.63) is 66.2 Å². The zero-order valence-corrected chi connectivity index (χ0v) is 18.0. The molecule has 0 unspecified atom stereocenters. The lowest BCUT2D eigenvalue weighted by molar-refractivity contribution is 0.0981. The predicted molar refractivity (Wildman–Crippen MR) is 124 cm³/mol. The molecular weight excluding hydrogens is 404 g/mol. The van der Waals surface area contributed by atoms with Crippen molar-refractivity contribution >= 4 is 29.1 Å². The van der Waals surface area contributed by atoms with E-state index in [9.17, 15) is 0 Å². The van der Waals surface area contributed by atoms with Crippen molar-refractivity contribution in [1.82, 2.24) is 24.5 Å². The SMILES string of the molecule is Cc1cccc(/C=N/Nc2nc(N3CCOC[C@@H]3C)nc3c2ncn3-c2cccnc2)c1. The van der Waals surface area contributed by atoms with Gasteiger partial charge in [0.25, 0.3) is 0 Å². The van der Waals surface area contributed by atoms with Crippen molar-refractivity contribution in [1.29, 1.82) is 0 Å². The number of hydrazone groups is 1. The van der Waals surface area contributed by atoms with Gasteiger partial charge in [0.05, 0.1) is 37.4 Å². The number of anilines is 2. The van der Waals surface area contributed by atoms with E-state index in [0.29, 0.717) is 36.1 Å². The summed E-state index contributed by atoms with van der Waals surface area (Å²) < 4.78 is 7.50. The number of ether oxygens (including phenoxy) is 1. The molecule has 4 aromatic rings. The van der Waals surface area contributed by atoms with Crippen molar-refractivity contribution < 1.29 is 4.74 Å². The van der Waals surface area contributed by atoms with Gasteiger partial charge in [0.1, 0.15) is 6.33 Å². The number of aryl methyl sites for hydroxylation is 1. The highest BCUT2D eigenvalue weighted by atomic mass is 16.5. The molecule has 0 aliphatic carbocycles. The molecule has 1 atom stereocenters. The van der Waals surface area contributed by atoms with E-state index in [-0.39, 0.29) is 6.04 Å². The first-order valence-electron chi connectivity index (χ1n) is 10.5. The summed E-state index contributed by atoms with van der Waals surface area (Å²) in [5.74, 6) is 1.17. The van der Waals surface area contributed by atoms with Crippen molar-refractivity contribution in [2.24, 2.45) is 5.10 Å². The third kappa shape index (κ3) is 4.02. The lowest BCUT2D eigenvalue weighted by Gasteiger charge is -2.33. The Morgan fingerprint density at radius 3 is 2.97 bits per heavy atom. The van der Waals surface area contributed by atoms with Gasteiger partial charge in [-0.2, -0.15) is 15.1 Å². The lowest BCUT2D eigenvalue weighted by Crippen LogP contribution is -2.44. The second-order valence-corrected chi connectivity index (χ2v) is 7.77. The number of morpholine rings is 1. The largest absolute Gasteiger partial charge is 0.377 e. The van der Waals surface area contributed by atoms with E-state index in [1.54, 1.807) is 24.9 Å². The zero-order chi connectivity index (χ0) is 21.9. The number of nitrogens with one attached hydrogen (secondary N) is 1. The predicted octanol–water partition coefficient (Wildman–Crippen LogP) is 3.19. The molecule has 5 rings (SSSR count). The fraction of sp³-hybridized carbons (Fsp3) is 0.261. The minimum atomic E-state index is 0.166. The first-order chi connectivity index (χ1) is 15.7. The first kappa shape index (κ1) is 20.1. The van der Waals surface area contributed by atoms with E-state index < -0.39 is 0 Å². The van der Waals surface area contributed by atoms with Crippen molar-refractivity contribution in [2.75, 3.05) is 30.1 Å². The number of pyridine rings is 1. The van der Waals surface area contributed by atoms with Crippen LogP contribution in [-0.2, 0) is 4.74 Å². The fourth-order valence-corrected chi connectivity index (χ4v) is 3.72. The van der Waals surface area contributed by atoms with Gasteiger partial charge in [0, 0.05) is 12.7 Å². The molecule has 9 nitrogen and oxygen atoms in total. The number of rotatable bonds is 5. The maximum absolute atomic E-state index is 5.59. The second-order valence-electron chi connectivity index (χ2n) is 7.77. The molecule has 1 aliphatic heterocycles. The molecule has 4 heterocycles. The Kier molecular flexibility index (Phi) is 5.47. The second kappa shape index (κ2) is 8.72. The molecular formula is C23H24N8O. The molecule has 32 heavy (non-hydrogen) atoms. The molecule has 1 aromatic carbocycles. The summed E-state index contributed by atoms with van der Waals surface area (Å²) in [7, 11) is 0. The van der Waals surface area contributed by atoms with Gasteiger partial charge in [0.2, 0.25) is 5.95 Å². The van der Waals surface area contributed by atoms with Gasteiger partial charge in [-0.05, 0) is 31.5 Å². The summed E-state index contributed by atoms with van der Waals surface area (Å²) in [4.78, 5) is 20.6. The van der Waals surface area contributed by atoms with Crippen LogP contribution in [0.15, 0.2) is 60.2 Å². The molecule has 162 valence electrons. The average Bonchev–Trinajstić information content (AvgIpc) is 3.24. The summed E-state index contributed by atoms with van der Waals surface area (Å²) >= 11 is 0. The van der Waals surface area contributed by atoms with Gasteiger partial charge >= 0.3 is 0 Å². The molecule has 0 amide bonds. The molecule has 0 saturated carbocycles. The van der Waals surface area contributed by atoms with Crippen LogP contribution >= 0.6 is 0 Å². The van der Waals surface area contributed by atoms with Gasteiger partial charge in [-0.3, -0.25) is 15.0 Å². The monoisotopic (exact) mass is 428 g/mol. The molecule has 0 radical (unpaired) electrons. The Hall–Kier alpha value is -3.85. The third-order valence-electron chi connectivity index (χ3n) is 5.36. The van der Waals surface area contributed by atoms with Crippen molar-refractivity contribution in [3.63, 3.8) is 0 Å². The number of benzene rings is 1. The van der Waals surface area contributed by atoms with E-state index in [1.807, 2.05) is 28.8 Å². The van der Waals surface area contributed by atoms with Gasteiger partial charge in [-0.1, -0.05) is 29.8 Å². The van der Waals surface area contributed by atoms with Crippen molar-refractivity contribution in [3.8, 4) is 5.69 Å². The quantitative estimate of drug-likeness (QED) is 0.385. The van der Waals surface area contributed by atoms with E-state index >= 15 is 0 Å². The number of nitrogens with zero attached hydrogens (tertiary/aromatic N) is 7. The summed E-state index contributed by atoms with van der Waals surface area (Å²) in [6, 6.07) is 12.2. The van der Waals surface area contributed by atoms with Crippen molar-refractivity contribution in [2.45, 2.75) is 19.9 Å². The minimum absolute atomic E-state index is 0.166. The summed E-state index contributed by atoms with van der Waals surface area (Å²) in [5, 5.41) is 4.42. The van der Waals surface area contributed by atoms with E-state index in [1.165, 1.54) is 5.56 Å². The highest BCUT2D eigenvalue weighted by Gasteiger charge is 2.24. The Bertz CT molecular complexity index is 1250. The van der Waals surface area contributed by atoms with Gasteiger partial charge in [-0.25, -0.2) is 4.98 Å². The van der Waals surface area contributed by atoms with Crippen LogP contribution in [0, 0.1) is 6.92 Å². The number of aromatic nitrogens is 5. The normalized spacial score (nSPS) is 16.7. The van der Waals surface area contributed by atoms with Crippen LogP contribution in [0.3, 0.4) is 0 Å². The molecule has 9 heteroatoms. The Balaban J connectivity index is 1.56. The van der Waals surface area contributed by atoms with E-state index in [0.717, 1.165) is 17.8 Å². The van der Waals surface area contributed by atoms with Crippen LogP contribution < -0.4 is 10.3 Å². The summed E-state index contributed by atoms with van der Waals surface area (Å²) in [5.41, 5.74) is 7.47. The highest BCUT2D eigenvalue weighted by molar-refractivity contribution is 5.87. The molecule has 1 aliphatic rings. The molecule has 0 bridgehead atoms.